The van der Waals surface area contributed by atoms with E-state index in [1.807, 2.05) is 31.7 Å². The number of Topliss-reactive ketones (excluding diaryl/α,β-unsaturated/α-hetero) is 1. The number of halogens is 3. The highest BCUT2D eigenvalue weighted by atomic mass is 19.4. The van der Waals surface area contributed by atoms with Crippen LogP contribution in [0.15, 0.2) is 42.4 Å². The van der Waals surface area contributed by atoms with Crippen molar-refractivity contribution in [2.24, 2.45) is 11.1 Å². The maximum Gasteiger partial charge on any atom is 0.433 e. The van der Waals surface area contributed by atoms with E-state index in [9.17, 15) is 18.0 Å². The van der Waals surface area contributed by atoms with Crippen molar-refractivity contribution < 1.29 is 18.0 Å². The van der Waals surface area contributed by atoms with Gasteiger partial charge in [-0.1, -0.05) is 6.07 Å². The normalized spacial score (nSPS) is 18.2. The molecule has 0 unspecified atom stereocenters. The Morgan fingerprint density at radius 1 is 1.28 bits per heavy atom. The van der Waals surface area contributed by atoms with Gasteiger partial charge in [0.1, 0.15) is 11.5 Å². The molecule has 9 heteroatoms. The second kappa shape index (κ2) is 7.38. The zero-order chi connectivity index (χ0) is 21.4. The molecule has 1 saturated heterocycles. The average molecular weight is 405 g/mol. The fourth-order valence-electron chi connectivity index (χ4n) is 3.36. The quantitative estimate of drug-likeness (QED) is 0.798. The number of hydrogen-bond donors (Lipinski definition) is 2. The Kier molecular flexibility index (Phi) is 5.25. The van der Waals surface area contributed by atoms with Gasteiger partial charge in [-0.05, 0) is 44.5 Å². The highest BCUT2D eigenvalue weighted by Crippen LogP contribution is 2.40. The van der Waals surface area contributed by atoms with Gasteiger partial charge in [0.25, 0.3) is 0 Å². The van der Waals surface area contributed by atoms with E-state index in [1.165, 1.54) is 6.20 Å². The van der Waals surface area contributed by atoms with E-state index in [1.54, 1.807) is 12.1 Å². The molecule has 1 aromatic carbocycles. The van der Waals surface area contributed by atoms with E-state index < -0.39 is 17.3 Å². The number of nitrogens with zero attached hydrogens (tertiary/aromatic N) is 3. The van der Waals surface area contributed by atoms with E-state index in [2.05, 4.69) is 15.3 Å². The third kappa shape index (κ3) is 4.03. The van der Waals surface area contributed by atoms with Crippen LogP contribution in [0.2, 0.25) is 0 Å². The highest BCUT2D eigenvalue weighted by molar-refractivity contribution is 5.91. The summed E-state index contributed by atoms with van der Waals surface area (Å²) in [7, 11) is 0. The number of allylic oxidation sites excluding steroid dienone is 1. The number of alkyl halides is 3. The van der Waals surface area contributed by atoms with Crippen LogP contribution in [-0.4, -0.2) is 22.3 Å². The van der Waals surface area contributed by atoms with Crippen LogP contribution in [0, 0.1) is 12.3 Å². The molecular weight excluding hydrogens is 383 g/mol. The van der Waals surface area contributed by atoms with Gasteiger partial charge >= 0.3 is 6.18 Å². The molecule has 1 aliphatic heterocycles. The van der Waals surface area contributed by atoms with Crippen LogP contribution in [0.3, 0.4) is 0 Å². The standard InChI is InChI=1S/C20H22F3N5O/c1-12-4-5-13(26-18-25-8-6-15(27-18)20(21,22)23)10-14(12)28-9-7-17(29)19(2,3)16(28)11-24/h4-6,8,10-11H,7,9,24H2,1-3H3,(H,25,26,27). The fraction of sp³-hybridized carbons (Fsp3) is 0.350. The lowest BCUT2D eigenvalue weighted by Gasteiger charge is -2.41. The summed E-state index contributed by atoms with van der Waals surface area (Å²) in [5.74, 6) is -0.0480. The van der Waals surface area contributed by atoms with Crippen molar-refractivity contribution >= 4 is 23.1 Å². The number of nitrogens with two attached hydrogens (primary N) is 1. The Labute approximate surface area is 166 Å². The van der Waals surface area contributed by atoms with Gasteiger partial charge in [0.2, 0.25) is 5.95 Å². The lowest BCUT2D eigenvalue weighted by molar-refractivity contribution is -0.141. The molecule has 0 radical (unpaired) electrons. The first-order chi connectivity index (χ1) is 13.5. The van der Waals surface area contributed by atoms with Crippen molar-refractivity contribution in [2.75, 3.05) is 16.8 Å². The minimum atomic E-state index is -4.55. The van der Waals surface area contributed by atoms with Crippen LogP contribution in [-0.2, 0) is 11.0 Å². The Balaban J connectivity index is 1.94. The number of ketones is 1. The Bertz CT molecular complexity index is 969. The first-order valence-corrected chi connectivity index (χ1v) is 9.05. The van der Waals surface area contributed by atoms with Gasteiger partial charge in [-0.2, -0.15) is 13.2 Å². The minimum Gasteiger partial charge on any atom is -0.403 e. The number of hydrogen-bond acceptors (Lipinski definition) is 6. The molecule has 0 aliphatic carbocycles. The number of rotatable bonds is 3. The summed E-state index contributed by atoms with van der Waals surface area (Å²) < 4.78 is 38.6. The van der Waals surface area contributed by atoms with Crippen molar-refractivity contribution in [1.29, 1.82) is 0 Å². The third-order valence-corrected chi connectivity index (χ3v) is 5.05. The molecule has 1 fully saturated rings. The monoisotopic (exact) mass is 405 g/mol. The van der Waals surface area contributed by atoms with Crippen molar-refractivity contribution in [3.05, 3.63) is 53.6 Å². The summed E-state index contributed by atoms with van der Waals surface area (Å²) in [5.41, 5.74) is 7.04. The van der Waals surface area contributed by atoms with Gasteiger partial charge in [0.15, 0.2) is 0 Å². The summed E-state index contributed by atoms with van der Waals surface area (Å²) in [6, 6.07) is 6.17. The van der Waals surface area contributed by atoms with E-state index in [-0.39, 0.29) is 11.7 Å². The maximum atomic E-state index is 12.9. The summed E-state index contributed by atoms with van der Waals surface area (Å²) in [6.45, 7) is 6.04. The van der Waals surface area contributed by atoms with Crippen LogP contribution in [0.1, 0.15) is 31.5 Å². The van der Waals surface area contributed by atoms with Gasteiger partial charge in [0, 0.05) is 42.4 Å². The number of aromatic nitrogens is 2. The molecule has 29 heavy (non-hydrogen) atoms. The molecule has 2 aromatic rings. The largest absolute Gasteiger partial charge is 0.433 e. The molecule has 0 spiro atoms. The molecular formula is C20H22F3N5O. The number of anilines is 3. The topological polar surface area (TPSA) is 84.1 Å². The number of nitrogens with one attached hydrogen (secondary N) is 1. The van der Waals surface area contributed by atoms with Crippen molar-refractivity contribution in [3.63, 3.8) is 0 Å². The molecule has 2 heterocycles. The lowest BCUT2D eigenvalue weighted by atomic mass is 9.79. The van der Waals surface area contributed by atoms with Gasteiger partial charge in [-0.3, -0.25) is 4.79 Å². The molecule has 3 N–H and O–H groups in total. The summed E-state index contributed by atoms with van der Waals surface area (Å²) >= 11 is 0. The molecule has 6 nitrogen and oxygen atoms in total. The number of benzene rings is 1. The molecule has 1 aliphatic rings. The highest BCUT2D eigenvalue weighted by Gasteiger charge is 2.39. The van der Waals surface area contributed by atoms with Gasteiger partial charge in [0.05, 0.1) is 5.41 Å². The van der Waals surface area contributed by atoms with Gasteiger partial charge in [-0.15, -0.1) is 0 Å². The van der Waals surface area contributed by atoms with E-state index in [0.29, 0.717) is 24.4 Å². The van der Waals surface area contributed by atoms with Crippen molar-refractivity contribution in [1.82, 2.24) is 9.97 Å². The van der Waals surface area contributed by atoms with E-state index in [4.69, 9.17) is 5.73 Å². The summed E-state index contributed by atoms with van der Waals surface area (Å²) in [4.78, 5) is 21.7. The van der Waals surface area contributed by atoms with Crippen molar-refractivity contribution in [3.8, 4) is 0 Å². The van der Waals surface area contributed by atoms with Crippen LogP contribution in [0.5, 0.6) is 0 Å². The molecule has 1 aromatic heterocycles. The SMILES string of the molecule is Cc1ccc(Nc2nccc(C(F)(F)F)n2)cc1N1CCC(=O)C(C)(C)C1=CN. The molecule has 0 saturated carbocycles. The zero-order valence-electron chi connectivity index (χ0n) is 16.3. The van der Waals surface area contributed by atoms with Gasteiger partial charge in [-0.25, -0.2) is 9.97 Å². The molecule has 154 valence electrons. The van der Waals surface area contributed by atoms with Crippen LogP contribution in [0.4, 0.5) is 30.5 Å². The number of piperidine rings is 1. The van der Waals surface area contributed by atoms with E-state index >= 15 is 0 Å². The fourth-order valence-corrected chi connectivity index (χ4v) is 3.36. The number of carbonyl (C=O) groups is 1. The first kappa shape index (κ1) is 20.6. The Morgan fingerprint density at radius 2 is 2.00 bits per heavy atom. The first-order valence-electron chi connectivity index (χ1n) is 9.05. The summed E-state index contributed by atoms with van der Waals surface area (Å²) in [5, 5.41) is 2.82. The Hall–Kier alpha value is -3.10. The number of carbonyl (C=O) groups excluding carboxylic acids is 1. The molecule has 0 amide bonds. The lowest BCUT2D eigenvalue weighted by Crippen LogP contribution is -2.45. The average Bonchev–Trinajstić information content (AvgIpc) is 2.65. The van der Waals surface area contributed by atoms with E-state index in [0.717, 1.165) is 23.5 Å². The smallest absolute Gasteiger partial charge is 0.403 e. The third-order valence-electron chi connectivity index (χ3n) is 5.05. The maximum absolute atomic E-state index is 12.9. The predicted molar refractivity (Wildman–Crippen MR) is 105 cm³/mol. The zero-order valence-corrected chi connectivity index (χ0v) is 16.3. The Morgan fingerprint density at radius 3 is 2.66 bits per heavy atom. The summed E-state index contributed by atoms with van der Waals surface area (Å²) in [6.07, 6.45) is -1.68. The minimum absolute atomic E-state index is 0.106. The predicted octanol–water partition coefficient (Wildman–Crippen LogP) is 4.15. The molecule has 0 atom stereocenters. The van der Waals surface area contributed by atoms with Crippen LogP contribution in [0.25, 0.3) is 0 Å². The molecule has 3 rings (SSSR count). The van der Waals surface area contributed by atoms with Crippen molar-refractivity contribution in [2.45, 2.75) is 33.4 Å². The second-order valence-corrected chi connectivity index (χ2v) is 7.39. The van der Waals surface area contributed by atoms with Gasteiger partial charge < -0.3 is 16.0 Å². The second-order valence-electron chi connectivity index (χ2n) is 7.39. The van der Waals surface area contributed by atoms with Crippen LogP contribution < -0.4 is 16.0 Å². The molecule has 0 bridgehead atoms. The van der Waals surface area contributed by atoms with Crippen LogP contribution >= 0.6 is 0 Å². The number of aryl methyl sites for hydroxylation is 1.